The van der Waals surface area contributed by atoms with Crippen LogP contribution in [0.25, 0.3) is 11.1 Å². The zero-order chi connectivity index (χ0) is 23.3. The van der Waals surface area contributed by atoms with E-state index in [-0.39, 0.29) is 35.8 Å². The lowest BCUT2D eigenvalue weighted by atomic mass is 9.81. The quantitative estimate of drug-likeness (QED) is 0.558. The second-order valence-electron chi connectivity index (χ2n) is 8.71. The summed E-state index contributed by atoms with van der Waals surface area (Å²) in [6.07, 6.45) is 0. The van der Waals surface area contributed by atoms with E-state index in [1.54, 1.807) is 42.5 Å². The van der Waals surface area contributed by atoms with E-state index < -0.39 is 16.1 Å². The van der Waals surface area contributed by atoms with Gasteiger partial charge in [0.1, 0.15) is 5.82 Å². The van der Waals surface area contributed by atoms with Gasteiger partial charge in [0.15, 0.2) is 0 Å². The molecular formula is C26H25FN2O3S. The van der Waals surface area contributed by atoms with Gasteiger partial charge in [0.2, 0.25) is 10.0 Å². The van der Waals surface area contributed by atoms with Crippen molar-refractivity contribution in [3.8, 4) is 11.1 Å². The number of anilines is 1. The van der Waals surface area contributed by atoms with E-state index >= 15 is 0 Å². The molecule has 3 aromatic carbocycles. The van der Waals surface area contributed by atoms with Crippen LogP contribution in [0.5, 0.6) is 0 Å². The zero-order valence-electron chi connectivity index (χ0n) is 18.2. The molecule has 1 unspecified atom stereocenters. The largest absolute Gasteiger partial charge is 0.394 e. The number of benzene rings is 3. The molecule has 5 rings (SSSR count). The maximum Gasteiger partial charge on any atom is 0.243 e. The van der Waals surface area contributed by atoms with Gasteiger partial charge in [-0.25, -0.2) is 12.8 Å². The van der Waals surface area contributed by atoms with Gasteiger partial charge in [-0.05, 0) is 48.4 Å². The summed E-state index contributed by atoms with van der Waals surface area (Å²) in [7, 11) is -3.83. The van der Waals surface area contributed by atoms with E-state index in [9.17, 15) is 17.9 Å². The van der Waals surface area contributed by atoms with Gasteiger partial charge < -0.3 is 10.4 Å². The molecule has 2 N–H and O–H groups in total. The molecule has 0 saturated carbocycles. The SMILES string of the molecule is C=C1CN(S(=O)(=O)c2ccc(C)cc2)C2c3cc(-c4ccccc4F)ccc3N[C@@H](CO)[C@@H]12. The van der Waals surface area contributed by atoms with Crippen molar-refractivity contribution in [1.82, 2.24) is 4.31 Å². The molecule has 0 aromatic heterocycles. The van der Waals surface area contributed by atoms with Crippen molar-refractivity contribution in [2.45, 2.75) is 23.9 Å². The molecule has 0 aliphatic carbocycles. The van der Waals surface area contributed by atoms with Gasteiger partial charge in [0.25, 0.3) is 0 Å². The molecule has 2 aliphatic rings. The highest BCUT2D eigenvalue weighted by atomic mass is 32.2. The van der Waals surface area contributed by atoms with Crippen molar-refractivity contribution in [2.75, 3.05) is 18.5 Å². The summed E-state index contributed by atoms with van der Waals surface area (Å²) in [5.41, 5.74) is 4.31. The number of nitrogens with one attached hydrogen (secondary N) is 1. The first-order chi connectivity index (χ1) is 15.8. The van der Waals surface area contributed by atoms with Gasteiger partial charge in [0.05, 0.1) is 23.6 Å². The summed E-state index contributed by atoms with van der Waals surface area (Å²) in [6, 6.07) is 17.9. The Morgan fingerprint density at radius 2 is 1.85 bits per heavy atom. The Labute approximate surface area is 193 Å². The standard InChI is InChI=1S/C26H25FN2O3S/c1-16-7-10-19(11-8-16)33(31,32)29-14-17(2)25-24(15-30)28-23-12-9-18(13-21(23)26(25)29)20-5-3-4-6-22(20)27/h3-13,24-26,28,30H,2,14-15H2,1H3/t24-,25+,26?/m0/s1. The van der Waals surface area contributed by atoms with E-state index in [1.165, 1.54) is 10.4 Å². The summed E-state index contributed by atoms with van der Waals surface area (Å²) in [5, 5.41) is 13.4. The third-order valence-corrected chi connectivity index (χ3v) is 8.48. The van der Waals surface area contributed by atoms with E-state index in [0.717, 1.165) is 22.4 Å². The van der Waals surface area contributed by atoms with Crippen LogP contribution in [0.1, 0.15) is 17.2 Å². The second kappa shape index (κ2) is 8.09. The second-order valence-corrected chi connectivity index (χ2v) is 10.6. The Balaban J connectivity index is 1.66. The third-order valence-electron chi connectivity index (χ3n) is 6.63. The normalized spacial score (nSPS) is 22.5. The third kappa shape index (κ3) is 3.57. The number of rotatable bonds is 4. The van der Waals surface area contributed by atoms with Crippen LogP contribution in [0.15, 0.2) is 83.8 Å². The topological polar surface area (TPSA) is 69.6 Å². The molecular weight excluding hydrogens is 439 g/mol. The van der Waals surface area contributed by atoms with E-state index in [4.69, 9.17) is 0 Å². The Morgan fingerprint density at radius 1 is 1.12 bits per heavy atom. The molecule has 0 spiro atoms. The van der Waals surface area contributed by atoms with Crippen LogP contribution >= 0.6 is 0 Å². The number of aliphatic hydroxyl groups is 1. The molecule has 33 heavy (non-hydrogen) atoms. The minimum atomic E-state index is -3.83. The first-order valence-electron chi connectivity index (χ1n) is 10.8. The number of halogens is 1. The van der Waals surface area contributed by atoms with Crippen LogP contribution in [-0.4, -0.2) is 37.0 Å². The lowest BCUT2D eigenvalue weighted by Gasteiger charge is -2.39. The Hall–Kier alpha value is -3.00. The number of hydrogen-bond acceptors (Lipinski definition) is 4. The molecule has 1 fully saturated rings. The molecule has 2 aliphatic heterocycles. The molecule has 0 radical (unpaired) electrons. The van der Waals surface area contributed by atoms with E-state index in [1.807, 2.05) is 25.1 Å². The van der Waals surface area contributed by atoms with Gasteiger partial charge in [-0.1, -0.05) is 54.1 Å². The maximum absolute atomic E-state index is 14.5. The average molecular weight is 465 g/mol. The number of aryl methyl sites for hydroxylation is 1. The van der Waals surface area contributed by atoms with E-state index in [0.29, 0.717) is 11.1 Å². The van der Waals surface area contributed by atoms with Gasteiger partial charge in [0, 0.05) is 23.7 Å². The Kier molecular flexibility index (Phi) is 5.35. The van der Waals surface area contributed by atoms with Crippen molar-refractivity contribution in [1.29, 1.82) is 0 Å². The summed E-state index contributed by atoms with van der Waals surface area (Å²) >= 11 is 0. The van der Waals surface area contributed by atoms with Crippen LogP contribution in [0.4, 0.5) is 10.1 Å². The maximum atomic E-state index is 14.5. The fraction of sp³-hybridized carbons (Fsp3) is 0.231. The van der Waals surface area contributed by atoms with Crippen molar-refractivity contribution in [3.63, 3.8) is 0 Å². The highest BCUT2D eigenvalue weighted by molar-refractivity contribution is 7.89. The van der Waals surface area contributed by atoms with Crippen LogP contribution in [-0.2, 0) is 10.0 Å². The monoisotopic (exact) mass is 464 g/mol. The van der Waals surface area contributed by atoms with Gasteiger partial charge in [-0.2, -0.15) is 4.31 Å². The summed E-state index contributed by atoms with van der Waals surface area (Å²) in [6.45, 7) is 6.06. The number of hydrogen-bond donors (Lipinski definition) is 2. The van der Waals surface area contributed by atoms with Crippen LogP contribution in [0, 0.1) is 18.7 Å². The highest BCUT2D eigenvalue weighted by Crippen LogP contribution is 2.51. The summed E-state index contributed by atoms with van der Waals surface area (Å²) in [4.78, 5) is 0.215. The van der Waals surface area contributed by atoms with Gasteiger partial charge >= 0.3 is 0 Å². The minimum Gasteiger partial charge on any atom is -0.394 e. The number of nitrogens with zero attached hydrogens (tertiary/aromatic N) is 1. The van der Waals surface area contributed by atoms with Crippen molar-refractivity contribution < 1.29 is 17.9 Å². The Bertz CT molecular complexity index is 1340. The average Bonchev–Trinajstić information content (AvgIpc) is 3.17. The van der Waals surface area contributed by atoms with Crippen molar-refractivity contribution in [2.24, 2.45) is 5.92 Å². The van der Waals surface area contributed by atoms with Gasteiger partial charge in [-0.15, -0.1) is 0 Å². The van der Waals surface area contributed by atoms with Crippen LogP contribution in [0.2, 0.25) is 0 Å². The smallest absolute Gasteiger partial charge is 0.243 e. The lowest BCUT2D eigenvalue weighted by molar-refractivity contribution is 0.220. The molecule has 2 heterocycles. The number of fused-ring (bicyclic) bond motifs is 3. The van der Waals surface area contributed by atoms with Crippen molar-refractivity contribution in [3.05, 3.63) is 95.8 Å². The first-order valence-corrected chi connectivity index (χ1v) is 12.3. The number of sulfonamides is 1. The predicted octanol–water partition coefficient (Wildman–Crippen LogP) is 4.51. The fourth-order valence-electron chi connectivity index (χ4n) is 4.99. The van der Waals surface area contributed by atoms with Gasteiger partial charge in [-0.3, -0.25) is 0 Å². The zero-order valence-corrected chi connectivity index (χ0v) is 19.0. The Morgan fingerprint density at radius 3 is 2.55 bits per heavy atom. The molecule has 0 amide bonds. The molecule has 1 saturated heterocycles. The van der Waals surface area contributed by atoms with Crippen LogP contribution in [0.3, 0.4) is 0 Å². The molecule has 7 heteroatoms. The van der Waals surface area contributed by atoms with Crippen molar-refractivity contribution >= 4 is 15.7 Å². The molecule has 5 nitrogen and oxygen atoms in total. The lowest BCUT2D eigenvalue weighted by Crippen LogP contribution is -2.43. The molecule has 0 bridgehead atoms. The highest BCUT2D eigenvalue weighted by Gasteiger charge is 2.50. The number of aliphatic hydroxyl groups excluding tert-OH is 1. The summed E-state index contributed by atoms with van der Waals surface area (Å²) in [5.74, 6) is -0.649. The predicted molar refractivity (Wildman–Crippen MR) is 127 cm³/mol. The first kappa shape index (κ1) is 21.8. The van der Waals surface area contributed by atoms with Crippen LogP contribution < -0.4 is 5.32 Å². The molecule has 3 aromatic rings. The fourth-order valence-corrected chi connectivity index (χ4v) is 6.62. The molecule has 3 atom stereocenters. The molecule has 170 valence electrons. The summed E-state index contributed by atoms with van der Waals surface area (Å²) < 4.78 is 43.4. The van der Waals surface area contributed by atoms with E-state index in [2.05, 4.69) is 11.9 Å². The minimum absolute atomic E-state index is 0.160.